The third kappa shape index (κ3) is 3.25. The predicted molar refractivity (Wildman–Crippen MR) is 104 cm³/mol. The second-order valence-electron chi connectivity index (χ2n) is 7.75. The fraction of sp³-hybridized carbons (Fsp3) is 0.500. The van der Waals surface area contributed by atoms with Crippen LogP contribution in [0.15, 0.2) is 39.5 Å². The standard InChI is InChI=1S/C22H27N3O/c1-14-9-7-8-12-18(14)19-13-15(2)23-16(3)20(19)21-24-22(26-25-21)17-10-5-4-6-11-17/h7-9,12,17,19H,4-6,10-11,13H2,1-3H3. The minimum atomic E-state index is 0.241. The van der Waals surface area contributed by atoms with E-state index < -0.39 is 0 Å². The van der Waals surface area contributed by atoms with Gasteiger partial charge in [0.15, 0.2) is 0 Å². The van der Waals surface area contributed by atoms with Gasteiger partial charge < -0.3 is 4.52 Å². The Morgan fingerprint density at radius 1 is 1.00 bits per heavy atom. The summed E-state index contributed by atoms with van der Waals surface area (Å²) in [4.78, 5) is 9.58. The maximum atomic E-state index is 5.70. The number of hydrogen-bond donors (Lipinski definition) is 0. The lowest BCUT2D eigenvalue weighted by atomic mass is 9.81. The summed E-state index contributed by atoms with van der Waals surface area (Å²) in [7, 11) is 0. The van der Waals surface area contributed by atoms with Gasteiger partial charge in [-0.05, 0) is 51.2 Å². The molecule has 1 aromatic carbocycles. The molecular formula is C22H27N3O. The molecule has 0 saturated heterocycles. The van der Waals surface area contributed by atoms with Crippen LogP contribution in [0.25, 0.3) is 5.57 Å². The van der Waals surface area contributed by atoms with Crippen LogP contribution in [0.2, 0.25) is 0 Å². The van der Waals surface area contributed by atoms with Crippen LogP contribution in [-0.2, 0) is 0 Å². The van der Waals surface area contributed by atoms with E-state index in [1.165, 1.54) is 30.4 Å². The van der Waals surface area contributed by atoms with Crippen LogP contribution in [0.4, 0.5) is 0 Å². The van der Waals surface area contributed by atoms with E-state index in [1.54, 1.807) is 0 Å². The Morgan fingerprint density at radius 3 is 2.54 bits per heavy atom. The van der Waals surface area contributed by atoms with Gasteiger partial charge in [-0.1, -0.05) is 48.7 Å². The Morgan fingerprint density at radius 2 is 1.77 bits per heavy atom. The summed E-state index contributed by atoms with van der Waals surface area (Å²) >= 11 is 0. The van der Waals surface area contributed by atoms with Crippen LogP contribution >= 0.6 is 0 Å². The lowest BCUT2D eigenvalue weighted by Gasteiger charge is -2.25. The van der Waals surface area contributed by atoms with Crippen LogP contribution in [-0.4, -0.2) is 15.9 Å². The molecule has 1 aliphatic heterocycles. The van der Waals surface area contributed by atoms with Gasteiger partial charge in [0.25, 0.3) is 0 Å². The Balaban J connectivity index is 1.73. The quantitative estimate of drug-likeness (QED) is 0.703. The first kappa shape index (κ1) is 17.2. The van der Waals surface area contributed by atoms with E-state index in [9.17, 15) is 0 Å². The maximum absolute atomic E-state index is 5.70. The number of nitrogens with zero attached hydrogens (tertiary/aromatic N) is 3. The van der Waals surface area contributed by atoms with E-state index in [0.29, 0.717) is 5.92 Å². The molecule has 1 fully saturated rings. The van der Waals surface area contributed by atoms with Crippen LogP contribution in [0.1, 0.15) is 87.1 Å². The van der Waals surface area contributed by atoms with Gasteiger partial charge in [0.2, 0.25) is 11.7 Å². The van der Waals surface area contributed by atoms with Gasteiger partial charge in [0, 0.05) is 28.8 Å². The number of rotatable bonds is 3. The number of aromatic nitrogens is 2. The third-order valence-corrected chi connectivity index (χ3v) is 5.80. The fourth-order valence-electron chi connectivity index (χ4n) is 4.46. The maximum Gasteiger partial charge on any atom is 0.230 e. The topological polar surface area (TPSA) is 51.3 Å². The van der Waals surface area contributed by atoms with Crippen molar-refractivity contribution in [2.24, 2.45) is 4.99 Å². The van der Waals surface area contributed by atoms with Crippen LogP contribution in [0, 0.1) is 6.92 Å². The molecule has 2 heterocycles. The molecule has 1 aromatic heterocycles. The van der Waals surface area contributed by atoms with E-state index in [4.69, 9.17) is 14.5 Å². The van der Waals surface area contributed by atoms with Crippen molar-refractivity contribution in [2.45, 2.75) is 71.1 Å². The Bertz CT molecular complexity index is 856. The molecular weight excluding hydrogens is 322 g/mol. The first-order chi connectivity index (χ1) is 12.6. The van der Waals surface area contributed by atoms with Gasteiger partial charge in [0.1, 0.15) is 0 Å². The minimum absolute atomic E-state index is 0.241. The lowest BCUT2D eigenvalue weighted by Crippen LogP contribution is -2.15. The molecule has 1 saturated carbocycles. The van der Waals surface area contributed by atoms with Crippen LogP contribution in [0.3, 0.4) is 0 Å². The van der Waals surface area contributed by atoms with Crippen LogP contribution < -0.4 is 0 Å². The largest absolute Gasteiger partial charge is 0.339 e. The van der Waals surface area contributed by atoms with Crippen molar-refractivity contribution in [1.82, 2.24) is 10.1 Å². The molecule has 1 aliphatic carbocycles. The fourth-order valence-corrected chi connectivity index (χ4v) is 4.46. The first-order valence-electron chi connectivity index (χ1n) is 9.78. The van der Waals surface area contributed by atoms with Crippen molar-refractivity contribution in [1.29, 1.82) is 0 Å². The average molecular weight is 349 g/mol. The van der Waals surface area contributed by atoms with Crippen molar-refractivity contribution in [3.05, 3.63) is 52.8 Å². The highest BCUT2D eigenvalue weighted by Crippen LogP contribution is 2.41. The molecule has 136 valence electrons. The van der Waals surface area contributed by atoms with E-state index in [2.05, 4.69) is 50.2 Å². The summed E-state index contributed by atoms with van der Waals surface area (Å²) in [6.07, 6.45) is 7.09. The third-order valence-electron chi connectivity index (χ3n) is 5.80. The SMILES string of the molecule is CC1=NC(C)=C(c2noc(C3CCCCC3)n2)C(c2ccccc2C)C1. The normalized spacial score (nSPS) is 21.8. The van der Waals surface area contributed by atoms with Gasteiger partial charge in [-0.15, -0.1) is 0 Å². The molecule has 2 aliphatic rings. The van der Waals surface area contributed by atoms with Crippen LogP contribution in [0.5, 0.6) is 0 Å². The first-order valence-corrected chi connectivity index (χ1v) is 9.78. The second-order valence-corrected chi connectivity index (χ2v) is 7.75. The molecule has 26 heavy (non-hydrogen) atoms. The average Bonchev–Trinajstić information content (AvgIpc) is 3.12. The Labute approximate surface area is 155 Å². The number of benzene rings is 1. The van der Waals surface area contributed by atoms with Gasteiger partial charge in [-0.3, -0.25) is 4.99 Å². The van der Waals surface area contributed by atoms with Crippen molar-refractivity contribution in [3.8, 4) is 0 Å². The zero-order chi connectivity index (χ0) is 18.1. The zero-order valence-electron chi connectivity index (χ0n) is 16.0. The summed E-state index contributed by atoms with van der Waals surface area (Å²) in [5.41, 5.74) is 5.93. The summed E-state index contributed by atoms with van der Waals surface area (Å²) in [6.45, 7) is 6.35. The molecule has 0 N–H and O–H groups in total. The molecule has 4 heteroatoms. The number of aryl methyl sites for hydroxylation is 1. The molecule has 0 spiro atoms. The van der Waals surface area contributed by atoms with E-state index in [1.807, 2.05) is 0 Å². The van der Waals surface area contributed by atoms with E-state index in [-0.39, 0.29) is 5.92 Å². The van der Waals surface area contributed by atoms with Crippen molar-refractivity contribution < 1.29 is 4.52 Å². The van der Waals surface area contributed by atoms with Gasteiger partial charge >= 0.3 is 0 Å². The molecule has 1 unspecified atom stereocenters. The summed E-state index contributed by atoms with van der Waals surface area (Å²) in [5, 5.41) is 4.38. The van der Waals surface area contributed by atoms with Crippen molar-refractivity contribution in [3.63, 3.8) is 0 Å². The van der Waals surface area contributed by atoms with Gasteiger partial charge in [-0.2, -0.15) is 4.98 Å². The highest BCUT2D eigenvalue weighted by atomic mass is 16.5. The smallest absolute Gasteiger partial charge is 0.230 e. The molecule has 0 amide bonds. The van der Waals surface area contributed by atoms with E-state index >= 15 is 0 Å². The summed E-state index contributed by atoms with van der Waals surface area (Å²) in [5.74, 6) is 2.21. The number of aliphatic imine (C=N–C) groups is 1. The number of hydrogen-bond acceptors (Lipinski definition) is 4. The highest BCUT2D eigenvalue weighted by Gasteiger charge is 2.30. The van der Waals surface area contributed by atoms with Crippen molar-refractivity contribution in [2.75, 3.05) is 0 Å². The highest BCUT2D eigenvalue weighted by molar-refractivity contribution is 5.90. The lowest BCUT2D eigenvalue weighted by molar-refractivity contribution is 0.313. The Hall–Kier alpha value is -2.23. The van der Waals surface area contributed by atoms with E-state index in [0.717, 1.165) is 48.0 Å². The number of allylic oxidation sites excluding steroid dienone is 2. The molecule has 0 bridgehead atoms. The molecule has 2 aromatic rings. The minimum Gasteiger partial charge on any atom is -0.339 e. The molecule has 1 atom stereocenters. The second kappa shape index (κ2) is 7.18. The van der Waals surface area contributed by atoms with Crippen molar-refractivity contribution >= 4 is 11.3 Å². The summed E-state index contributed by atoms with van der Waals surface area (Å²) < 4.78 is 5.70. The van der Waals surface area contributed by atoms with Gasteiger partial charge in [-0.25, -0.2) is 0 Å². The zero-order valence-corrected chi connectivity index (χ0v) is 16.0. The Kier molecular flexibility index (Phi) is 4.75. The molecule has 4 nitrogen and oxygen atoms in total. The molecule has 4 rings (SSSR count). The monoisotopic (exact) mass is 349 g/mol. The van der Waals surface area contributed by atoms with Gasteiger partial charge in [0.05, 0.1) is 0 Å². The predicted octanol–water partition coefficient (Wildman–Crippen LogP) is 5.81. The summed E-state index contributed by atoms with van der Waals surface area (Å²) in [6, 6.07) is 8.59. The molecule has 0 radical (unpaired) electrons.